The number of likely N-dealkylation sites (N-methyl/N-ethyl adjacent to an activating group) is 1. The molecule has 1 aliphatic rings. The Bertz CT molecular complexity index is 904. The third kappa shape index (κ3) is 6.25. The molecule has 5 nitrogen and oxygen atoms in total. The summed E-state index contributed by atoms with van der Waals surface area (Å²) in [5.74, 6) is 0.914. The lowest BCUT2D eigenvalue weighted by Gasteiger charge is -2.35. The molecule has 0 N–H and O–H groups in total. The highest BCUT2D eigenvalue weighted by atomic mass is 35.5. The minimum absolute atomic E-state index is 0.0591. The Balaban J connectivity index is 1.38. The summed E-state index contributed by atoms with van der Waals surface area (Å²) in [7, 11) is 0. The molecule has 0 aliphatic carbocycles. The Morgan fingerprint density at radius 1 is 1.00 bits per heavy atom. The fraction of sp³-hybridized carbons (Fsp3) is 0.400. The number of aromatic nitrogens is 2. The van der Waals surface area contributed by atoms with Gasteiger partial charge in [-0.1, -0.05) is 30.7 Å². The van der Waals surface area contributed by atoms with Gasteiger partial charge in [0.15, 0.2) is 0 Å². The lowest BCUT2D eigenvalue weighted by molar-refractivity contribution is 0.170. The van der Waals surface area contributed by atoms with Crippen LogP contribution in [0.5, 0.6) is 5.75 Å². The zero-order valence-corrected chi connectivity index (χ0v) is 18.9. The topological polar surface area (TPSA) is 33.5 Å². The summed E-state index contributed by atoms with van der Waals surface area (Å²) in [5, 5.41) is 0.770. The molecule has 164 valence electrons. The zero-order valence-electron chi connectivity index (χ0n) is 18.2. The van der Waals surface area contributed by atoms with Gasteiger partial charge in [0.25, 0.3) is 0 Å². The van der Waals surface area contributed by atoms with E-state index in [4.69, 9.17) is 16.3 Å². The van der Waals surface area contributed by atoms with Crippen LogP contribution in [0.3, 0.4) is 0 Å². The summed E-state index contributed by atoms with van der Waals surface area (Å²) in [4.78, 5) is 9.12. The lowest BCUT2D eigenvalue weighted by Crippen LogP contribution is -2.46. The second kappa shape index (κ2) is 10.7. The maximum atomic E-state index is 6.41. The first-order valence-corrected chi connectivity index (χ1v) is 11.5. The van der Waals surface area contributed by atoms with Crippen molar-refractivity contribution in [2.24, 2.45) is 0 Å². The van der Waals surface area contributed by atoms with Crippen molar-refractivity contribution in [3.05, 3.63) is 77.8 Å². The Kier molecular flexibility index (Phi) is 7.49. The quantitative estimate of drug-likeness (QED) is 0.482. The second-order valence-corrected chi connectivity index (χ2v) is 8.52. The molecule has 1 aliphatic heterocycles. The SMILES string of the molecule is CCN1CCN(c2ccc(OC(CCc3ccc(Cl)cc3)Cn3ccnc3)cc2)CC1. The van der Waals surface area contributed by atoms with Crippen molar-refractivity contribution in [3.63, 3.8) is 0 Å². The van der Waals surface area contributed by atoms with Gasteiger partial charge in [0, 0.05) is 49.3 Å². The Labute approximate surface area is 190 Å². The summed E-state index contributed by atoms with van der Waals surface area (Å²) >= 11 is 6.02. The minimum Gasteiger partial charge on any atom is -0.489 e. The van der Waals surface area contributed by atoms with Crippen LogP contribution in [0.25, 0.3) is 0 Å². The van der Waals surface area contributed by atoms with E-state index in [-0.39, 0.29) is 6.10 Å². The standard InChI is InChI=1S/C25H31ClN4O/c1-2-28-15-17-30(18-16-28)23-8-11-24(12-9-23)31-25(19-29-14-13-27-20-29)10-5-21-3-6-22(26)7-4-21/h3-4,6-9,11-14,20,25H,2,5,10,15-19H2,1H3. The third-order valence-corrected chi connectivity index (χ3v) is 6.22. The monoisotopic (exact) mass is 438 g/mol. The summed E-state index contributed by atoms with van der Waals surface area (Å²) in [6.07, 6.45) is 7.55. The fourth-order valence-corrected chi connectivity index (χ4v) is 4.17. The molecule has 1 unspecified atom stereocenters. The number of halogens is 1. The zero-order chi connectivity index (χ0) is 21.5. The number of rotatable bonds is 9. The fourth-order valence-electron chi connectivity index (χ4n) is 4.05. The molecular weight excluding hydrogens is 408 g/mol. The van der Waals surface area contributed by atoms with Crippen LogP contribution >= 0.6 is 11.6 Å². The van der Waals surface area contributed by atoms with E-state index in [0.29, 0.717) is 0 Å². The van der Waals surface area contributed by atoms with Gasteiger partial charge in [0.1, 0.15) is 11.9 Å². The summed E-state index contributed by atoms with van der Waals surface area (Å²) in [5.41, 5.74) is 2.54. The number of imidazole rings is 1. The van der Waals surface area contributed by atoms with Crippen LogP contribution in [0.4, 0.5) is 5.69 Å². The third-order valence-electron chi connectivity index (χ3n) is 5.97. The number of aryl methyl sites for hydroxylation is 1. The highest BCUT2D eigenvalue weighted by Gasteiger charge is 2.17. The van der Waals surface area contributed by atoms with Crippen LogP contribution in [0.2, 0.25) is 5.02 Å². The molecule has 0 spiro atoms. The molecule has 1 saturated heterocycles. The van der Waals surface area contributed by atoms with Crippen LogP contribution in [-0.4, -0.2) is 53.3 Å². The van der Waals surface area contributed by atoms with Gasteiger partial charge in [0.05, 0.1) is 12.9 Å². The molecule has 0 radical (unpaired) electrons. The van der Waals surface area contributed by atoms with Gasteiger partial charge < -0.3 is 19.1 Å². The van der Waals surface area contributed by atoms with Gasteiger partial charge in [-0.3, -0.25) is 0 Å². The second-order valence-electron chi connectivity index (χ2n) is 8.08. The number of benzene rings is 2. The molecular formula is C25H31ClN4O. The van der Waals surface area contributed by atoms with E-state index < -0.39 is 0 Å². The smallest absolute Gasteiger partial charge is 0.119 e. The molecule has 0 saturated carbocycles. The van der Waals surface area contributed by atoms with Gasteiger partial charge >= 0.3 is 0 Å². The van der Waals surface area contributed by atoms with Crippen molar-refractivity contribution in [1.82, 2.24) is 14.5 Å². The highest BCUT2D eigenvalue weighted by molar-refractivity contribution is 6.30. The molecule has 6 heteroatoms. The maximum absolute atomic E-state index is 6.41. The van der Waals surface area contributed by atoms with E-state index in [1.807, 2.05) is 30.9 Å². The average molecular weight is 439 g/mol. The highest BCUT2D eigenvalue weighted by Crippen LogP contribution is 2.23. The summed E-state index contributed by atoms with van der Waals surface area (Å²) in [6, 6.07) is 16.6. The Morgan fingerprint density at radius 2 is 1.74 bits per heavy atom. The number of piperazine rings is 1. The van der Waals surface area contributed by atoms with Gasteiger partial charge in [-0.2, -0.15) is 0 Å². The predicted octanol–water partition coefficient (Wildman–Crippen LogP) is 4.76. The van der Waals surface area contributed by atoms with E-state index in [1.165, 1.54) is 11.3 Å². The van der Waals surface area contributed by atoms with E-state index in [0.717, 1.165) is 62.9 Å². The number of hydrogen-bond acceptors (Lipinski definition) is 4. The Morgan fingerprint density at radius 3 is 2.39 bits per heavy atom. The van der Waals surface area contributed by atoms with E-state index in [2.05, 4.69) is 62.7 Å². The van der Waals surface area contributed by atoms with Crippen molar-refractivity contribution in [1.29, 1.82) is 0 Å². The van der Waals surface area contributed by atoms with Crippen molar-refractivity contribution in [3.8, 4) is 5.75 Å². The first-order chi connectivity index (χ1) is 15.2. The van der Waals surface area contributed by atoms with Crippen LogP contribution in [0, 0.1) is 0 Å². The van der Waals surface area contributed by atoms with Crippen LogP contribution in [-0.2, 0) is 13.0 Å². The van der Waals surface area contributed by atoms with Crippen molar-refractivity contribution in [2.45, 2.75) is 32.4 Å². The summed E-state index contributed by atoms with van der Waals surface area (Å²) in [6.45, 7) is 8.56. The first-order valence-electron chi connectivity index (χ1n) is 11.1. The number of hydrogen-bond donors (Lipinski definition) is 0. The molecule has 31 heavy (non-hydrogen) atoms. The lowest BCUT2D eigenvalue weighted by atomic mass is 10.1. The Hall–Kier alpha value is -2.50. The molecule has 0 bridgehead atoms. The molecule has 0 amide bonds. The van der Waals surface area contributed by atoms with E-state index in [9.17, 15) is 0 Å². The van der Waals surface area contributed by atoms with Gasteiger partial charge in [-0.25, -0.2) is 4.98 Å². The summed E-state index contributed by atoms with van der Waals surface area (Å²) < 4.78 is 8.49. The van der Waals surface area contributed by atoms with Crippen molar-refractivity contribution in [2.75, 3.05) is 37.6 Å². The number of anilines is 1. The molecule has 4 rings (SSSR count). The van der Waals surface area contributed by atoms with E-state index >= 15 is 0 Å². The molecule has 2 heterocycles. The van der Waals surface area contributed by atoms with Crippen molar-refractivity contribution < 1.29 is 4.74 Å². The van der Waals surface area contributed by atoms with Crippen molar-refractivity contribution >= 4 is 17.3 Å². The largest absolute Gasteiger partial charge is 0.489 e. The number of ether oxygens (including phenoxy) is 1. The van der Waals surface area contributed by atoms with Crippen LogP contribution < -0.4 is 9.64 Å². The number of nitrogens with zero attached hydrogens (tertiary/aromatic N) is 4. The maximum Gasteiger partial charge on any atom is 0.119 e. The molecule has 2 aromatic carbocycles. The van der Waals surface area contributed by atoms with Crippen LogP contribution in [0.15, 0.2) is 67.3 Å². The van der Waals surface area contributed by atoms with E-state index in [1.54, 1.807) is 0 Å². The van der Waals surface area contributed by atoms with Gasteiger partial charge in [-0.15, -0.1) is 0 Å². The molecule has 1 aromatic heterocycles. The predicted molar refractivity (Wildman–Crippen MR) is 127 cm³/mol. The normalized spacial score (nSPS) is 15.7. The molecule has 3 aromatic rings. The average Bonchev–Trinajstić information content (AvgIpc) is 3.32. The van der Waals surface area contributed by atoms with Crippen LogP contribution in [0.1, 0.15) is 18.9 Å². The minimum atomic E-state index is 0.0591. The molecule has 1 atom stereocenters. The van der Waals surface area contributed by atoms with Gasteiger partial charge in [0.2, 0.25) is 0 Å². The van der Waals surface area contributed by atoms with Gasteiger partial charge in [-0.05, 0) is 61.3 Å². The first kappa shape index (κ1) is 21.7. The molecule has 1 fully saturated rings.